The molecule has 3 atom stereocenters. The summed E-state index contributed by atoms with van der Waals surface area (Å²) in [5.41, 5.74) is 15.6. The number of benzene rings is 1. The van der Waals surface area contributed by atoms with E-state index < -0.39 is 17.5 Å². The molecule has 5 heterocycles. The smallest absolute Gasteiger partial charge is 0.289 e. The van der Waals surface area contributed by atoms with Crippen molar-refractivity contribution in [2.75, 3.05) is 5.73 Å². The van der Waals surface area contributed by atoms with Gasteiger partial charge in [-0.05, 0) is 50.8 Å². The van der Waals surface area contributed by atoms with Gasteiger partial charge in [0.25, 0.3) is 5.91 Å². The van der Waals surface area contributed by atoms with Crippen LogP contribution in [0.15, 0.2) is 47.7 Å². The summed E-state index contributed by atoms with van der Waals surface area (Å²) in [7, 11) is 0. The van der Waals surface area contributed by atoms with E-state index in [2.05, 4.69) is 15.1 Å². The first-order valence-corrected chi connectivity index (χ1v) is 13.4. The van der Waals surface area contributed by atoms with Crippen molar-refractivity contribution in [1.82, 2.24) is 24.5 Å². The zero-order valence-electron chi connectivity index (χ0n) is 22.6. The highest BCUT2D eigenvalue weighted by molar-refractivity contribution is 6.38. The van der Waals surface area contributed by atoms with E-state index in [-0.39, 0.29) is 35.4 Å². The first kappa shape index (κ1) is 27.1. The molecule has 0 aliphatic carbocycles. The molecule has 1 unspecified atom stereocenters. The molecule has 2 aliphatic heterocycles. The molecule has 2 fully saturated rings. The number of hydrogen-bond donors (Lipinski definition) is 3. The van der Waals surface area contributed by atoms with Crippen LogP contribution >= 0.6 is 0 Å². The zero-order valence-corrected chi connectivity index (χ0v) is 22.6. The van der Waals surface area contributed by atoms with Gasteiger partial charge in [-0.2, -0.15) is 9.61 Å². The fourth-order valence-corrected chi connectivity index (χ4v) is 6.31. The van der Waals surface area contributed by atoms with E-state index in [1.807, 2.05) is 0 Å². The van der Waals surface area contributed by atoms with Crippen LogP contribution in [-0.4, -0.2) is 60.4 Å². The Balaban J connectivity index is 1.37. The van der Waals surface area contributed by atoms with E-state index >= 15 is 0 Å². The second-order valence-corrected chi connectivity index (χ2v) is 10.6. The number of amides is 1. The van der Waals surface area contributed by atoms with Crippen LogP contribution in [0.1, 0.15) is 54.6 Å². The third kappa shape index (κ3) is 4.56. The lowest BCUT2D eigenvalue weighted by Crippen LogP contribution is -2.50. The number of ketones is 1. The molecule has 0 radical (unpaired) electrons. The summed E-state index contributed by atoms with van der Waals surface area (Å²) in [6.45, 7) is 1.44. The molecule has 0 saturated carbocycles. The number of rotatable bonds is 5. The second-order valence-electron chi connectivity index (χ2n) is 10.6. The average molecular weight is 572 g/mol. The largest absolute Gasteiger partial charge is 0.383 e. The number of Topliss-reactive ketones (excluding diaryl/α,β-unsaturated/α-hetero) is 1. The Morgan fingerprint density at radius 2 is 1.76 bits per heavy atom. The summed E-state index contributed by atoms with van der Waals surface area (Å²) >= 11 is 0. The molecule has 5 N–H and O–H groups in total. The molecule has 214 valence electrons. The van der Waals surface area contributed by atoms with E-state index in [0.717, 1.165) is 25.2 Å². The van der Waals surface area contributed by atoms with Crippen LogP contribution in [0.3, 0.4) is 0 Å². The molecule has 11 nitrogen and oxygen atoms in total. The zero-order chi connectivity index (χ0) is 29.7. The van der Waals surface area contributed by atoms with Gasteiger partial charge >= 0.3 is 0 Å². The van der Waals surface area contributed by atoms with Crippen LogP contribution < -0.4 is 11.5 Å². The van der Waals surface area contributed by atoms with Gasteiger partial charge in [-0.3, -0.25) is 20.0 Å². The Hall–Kier alpha value is -5.07. The Bertz CT molecular complexity index is 1750. The first-order chi connectivity index (χ1) is 20.2. The molecule has 2 bridgehead atoms. The number of anilines is 1. The fourth-order valence-electron chi connectivity index (χ4n) is 6.31. The lowest BCUT2D eigenvalue weighted by Gasteiger charge is -2.39. The van der Waals surface area contributed by atoms with Crippen LogP contribution in [0, 0.1) is 17.0 Å². The number of nitrogens with zero attached hydrogens (tertiary/aromatic N) is 6. The van der Waals surface area contributed by atoms with Crippen molar-refractivity contribution in [2.45, 2.75) is 50.6 Å². The van der Waals surface area contributed by atoms with Crippen molar-refractivity contribution in [1.29, 1.82) is 5.41 Å². The van der Waals surface area contributed by atoms with Crippen molar-refractivity contribution < 1.29 is 18.4 Å². The number of aromatic nitrogens is 4. The second kappa shape index (κ2) is 10.4. The third-order valence-electron chi connectivity index (χ3n) is 8.07. The van der Waals surface area contributed by atoms with Gasteiger partial charge in [0.1, 0.15) is 23.8 Å². The molecule has 42 heavy (non-hydrogen) atoms. The highest BCUT2D eigenvalue weighted by atomic mass is 19.1. The number of hydrogen-bond acceptors (Lipinski definition) is 7. The number of nitrogens with one attached hydrogen (secondary N) is 1. The maximum absolute atomic E-state index is 13.7. The van der Waals surface area contributed by atoms with Gasteiger partial charge in [0.05, 0.1) is 23.1 Å². The van der Waals surface area contributed by atoms with Crippen molar-refractivity contribution in [2.24, 2.45) is 10.7 Å². The van der Waals surface area contributed by atoms with Crippen molar-refractivity contribution >= 4 is 35.3 Å². The standard InChI is InChI=1S/C29H27F2N9O2/c1-14(41)24-25(17-8-20-3-4-21(9-17)39(20)29(42)26(33)36-13-32)38-28-22(12-37-40(28)27(24)34)15-2-5-23(35-11-15)16-6-18(30)10-19(31)7-16/h2,5-7,10-13,17,20-21H,3-4,8-9,34H2,1H3,(H3,32,33,36)/t17?,20-,21+. The van der Waals surface area contributed by atoms with E-state index in [0.29, 0.717) is 52.1 Å². The number of carbonyl (C=O) groups excluding carboxylic acids is 2. The van der Waals surface area contributed by atoms with Crippen LogP contribution in [0.5, 0.6) is 0 Å². The van der Waals surface area contributed by atoms with Crippen LogP contribution in [-0.2, 0) is 4.79 Å². The van der Waals surface area contributed by atoms with Crippen LogP contribution in [0.4, 0.5) is 14.6 Å². The average Bonchev–Trinajstić information content (AvgIpc) is 3.50. The number of nitrogens with two attached hydrogens (primary N) is 2. The van der Waals surface area contributed by atoms with E-state index in [1.165, 1.54) is 23.6 Å². The summed E-state index contributed by atoms with van der Waals surface area (Å²) in [4.78, 5) is 40.5. The topological polar surface area (TPSA) is 169 Å². The number of carbonyl (C=O) groups is 2. The fraction of sp³-hybridized carbons (Fsp3) is 0.276. The van der Waals surface area contributed by atoms with Crippen LogP contribution in [0.25, 0.3) is 28.0 Å². The van der Waals surface area contributed by atoms with Crippen molar-refractivity contribution in [3.05, 3.63) is 65.6 Å². The van der Waals surface area contributed by atoms with E-state index in [9.17, 15) is 18.4 Å². The lowest BCUT2D eigenvalue weighted by atomic mass is 9.85. The van der Waals surface area contributed by atoms with Gasteiger partial charge in [-0.1, -0.05) is 6.07 Å². The van der Waals surface area contributed by atoms with Gasteiger partial charge in [-0.15, -0.1) is 0 Å². The maximum atomic E-state index is 13.7. The normalized spacial score (nSPS) is 20.2. The number of amidine groups is 1. The minimum atomic E-state index is -0.696. The molecule has 2 aliphatic rings. The van der Waals surface area contributed by atoms with Gasteiger partial charge in [0, 0.05) is 47.0 Å². The van der Waals surface area contributed by atoms with Crippen LogP contribution in [0.2, 0.25) is 0 Å². The number of halogens is 2. The van der Waals surface area contributed by atoms with Gasteiger partial charge in [-0.25, -0.2) is 18.8 Å². The summed E-state index contributed by atoms with van der Waals surface area (Å²) in [6, 6.07) is 6.39. The molecule has 3 aromatic heterocycles. The predicted molar refractivity (Wildman–Crippen MR) is 152 cm³/mol. The highest BCUT2D eigenvalue weighted by Crippen LogP contribution is 2.44. The first-order valence-electron chi connectivity index (χ1n) is 13.4. The molecule has 1 aromatic carbocycles. The molecular weight excluding hydrogens is 544 g/mol. The Morgan fingerprint density at radius 1 is 1.07 bits per heavy atom. The Kier molecular flexibility index (Phi) is 6.71. The van der Waals surface area contributed by atoms with Gasteiger partial charge in [0.15, 0.2) is 17.3 Å². The quantitative estimate of drug-likeness (QED) is 0.186. The van der Waals surface area contributed by atoms with E-state index in [4.69, 9.17) is 21.9 Å². The molecule has 4 aromatic rings. The summed E-state index contributed by atoms with van der Waals surface area (Å²) in [6.07, 6.45) is 6.58. The van der Waals surface area contributed by atoms with Crippen molar-refractivity contribution in [3.8, 4) is 22.4 Å². The Morgan fingerprint density at radius 3 is 2.36 bits per heavy atom. The number of nitrogen functional groups attached to an aromatic ring is 1. The molecule has 0 spiro atoms. The molecule has 6 rings (SSSR count). The van der Waals surface area contributed by atoms with E-state index in [1.54, 1.807) is 29.4 Å². The number of pyridine rings is 1. The lowest BCUT2D eigenvalue weighted by molar-refractivity contribution is -0.128. The number of aliphatic imine (C=N–C) groups is 1. The predicted octanol–water partition coefficient (Wildman–Crippen LogP) is 3.72. The molecule has 1 amide bonds. The molecule has 2 saturated heterocycles. The highest BCUT2D eigenvalue weighted by Gasteiger charge is 2.45. The third-order valence-corrected chi connectivity index (χ3v) is 8.07. The Labute approximate surface area is 238 Å². The number of fused-ring (bicyclic) bond motifs is 3. The summed E-state index contributed by atoms with van der Waals surface area (Å²) in [5.74, 6) is -2.23. The monoisotopic (exact) mass is 571 g/mol. The minimum absolute atomic E-state index is 0.117. The van der Waals surface area contributed by atoms with Gasteiger partial charge in [0.2, 0.25) is 0 Å². The minimum Gasteiger partial charge on any atom is -0.383 e. The summed E-state index contributed by atoms with van der Waals surface area (Å²) in [5, 5.41) is 11.5. The van der Waals surface area contributed by atoms with Gasteiger partial charge < -0.3 is 16.4 Å². The number of piperidine rings is 1. The molecule has 13 heteroatoms. The maximum Gasteiger partial charge on any atom is 0.289 e. The SMILES string of the molecule is CC(=O)c1c(C2C[C@H]3CC[C@@H](C2)N3C(=O)C(N)=NC=N)nc2c(-c3ccc(-c4cc(F)cc(F)c4)nc3)cnn2c1N. The molecular formula is C29H27F2N9O2. The summed E-state index contributed by atoms with van der Waals surface area (Å²) < 4.78 is 28.9. The van der Waals surface area contributed by atoms with Crippen molar-refractivity contribution in [3.63, 3.8) is 0 Å².